The smallest absolute Gasteiger partial charge is 0.121 e. The van der Waals surface area contributed by atoms with Gasteiger partial charge in [-0.05, 0) is 36.4 Å². The molecule has 4 rings (SSSR count). The van der Waals surface area contributed by atoms with Crippen LogP contribution in [-0.4, -0.2) is 62.8 Å². The number of hydrogen-bond donors (Lipinski definition) is 0. The summed E-state index contributed by atoms with van der Waals surface area (Å²) in [4.78, 5) is 8.66. The van der Waals surface area contributed by atoms with Crippen molar-refractivity contribution in [1.82, 2.24) is 9.97 Å². The Morgan fingerprint density at radius 3 is 1.36 bits per heavy atom. The number of nitrogens with zero attached hydrogens (tertiary/aromatic N) is 2. The SMILES string of the molecule is c1cnc2cc(OCCOCCOCCOCCOc3ccc4cccnc4c3)ccc2c1. The van der Waals surface area contributed by atoms with Crippen LogP contribution in [0.25, 0.3) is 21.8 Å². The molecule has 0 unspecified atom stereocenters. The molecule has 172 valence electrons. The fraction of sp³-hybridized carbons (Fsp3) is 0.308. The molecule has 2 heterocycles. The minimum Gasteiger partial charge on any atom is -0.491 e. The monoisotopic (exact) mass is 448 g/mol. The maximum Gasteiger partial charge on any atom is 0.121 e. The van der Waals surface area contributed by atoms with Crippen molar-refractivity contribution in [1.29, 1.82) is 0 Å². The Balaban J connectivity index is 0.967. The molecule has 0 radical (unpaired) electrons. The van der Waals surface area contributed by atoms with E-state index in [-0.39, 0.29) is 0 Å². The van der Waals surface area contributed by atoms with Gasteiger partial charge in [0.1, 0.15) is 24.7 Å². The summed E-state index contributed by atoms with van der Waals surface area (Å²) in [6.07, 6.45) is 3.55. The topological polar surface area (TPSA) is 71.9 Å². The summed E-state index contributed by atoms with van der Waals surface area (Å²) < 4.78 is 28.0. The number of aromatic nitrogens is 2. The molecule has 4 aromatic rings. The molecular formula is C26H28N2O5. The van der Waals surface area contributed by atoms with Crippen molar-refractivity contribution in [3.63, 3.8) is 0 Å². The molecule has 0 bridgehead atoms. The van der Waals surface area contributed by atoms with Crippen LogP contribution < -0.4 is 9.47 Å². The van der Waals surface area contributed by atoms with Crippen molar-refractivity contribution in [3.8, 4) is 11.5 Å². The fourth-order valence-electron chi connectivity index (χ4n) is 3.25. The number of pyridine rings is 2. The zero-order valence-corrected chi connectivity index (χ0v) is 18.5. The predicted octanol–water partition coefficient (Wildman–Crippen LogP) is 4.29. The second kappa shape index (κ2) is 12.7. The van der Waals surface area contributed by atoms with E-state index in [4.69, 9.17) is 23.7 Å². The first-order chi connectivity index (χ1) is 16.4. The summed E-state index contributed by atoms with van der Waals surface area (Å²) in [6.45, 7) is 4.03. The summed E-state index contributed by atoms with van der Waals surface area (Å²) in [6, 6.07) is 19.6. The van der Waals surface area contributed by atoms with E-state index in [9.17, 15) is 0 Å². The zero-order valence-electron chi connectivity index (χ0n) is 18.5. The largest absolute Gasteiger partial charge is 0.491 e. The molecule has 0 aliphatic carbocycles. The van der Waals surface area contributed by atoms with Gasteiger partial charge in [0.05, 0.1) is 50.7 Å². The van der Waals surface area contributed by atoms with Crippen LogP contribution in [0.2, 0.25) is 0 Å². The number of ether oxygens (including phenoxy) is 5. The van der Waals surface area contributed by atoms with Gasteiger partial charge in [-0.2, -0.15) is 0 Å². The maximum absolute atomic E-state index is 5.71. The first-order valence-corrected chi connectivity index (χ1v) is 11.1. The molecule has 0 aliphatic rings. The minimum atomic E-state index is 0.481. The number of fused-ring (bicyclic) bond motifs is 2. The standard InChI is InChI=1S/C26H28N2O5/c1-3-21-5-7-23(19-25(21)27-9-1)32-17-15-30-13-11-29-12-14-31-16-18-33-24-8-6-22-4-2-10-28-26(22)20-24/h1-10,19-20H,11-18H2. The Labute approximate surface area is 193 Å². The summed E-state index contributed by atoms with van der Waals surface area (Å²) in [5, 5.41) is 2.19. The highest BCUT2D eigenvalue weighted by Gasteiger charge is 2.00. The van der Waals surface area contributed by atoms with Crippen molar-refractivity contribution in [2.24, 2.45) is 0 Å². The van der Waals surface area contributed by atoms with Crippen molar-refractivity contribution >= 4 is 21.8 Å². The third-order valence-corrected chi connectivity index (χ3v) is 4.89. The van der Waals surface area contributed by atoms with Gasteiger partial charge in [0.25, 0.3) is 0 Å². The molecule has 0 saturated carbocycles. The van der Waals surface area contributed by atoms with E-state index in [1.54, 1.807) is 12.4 Å². The first kappa shape index (κ1) is 22.9. The second-order valence-corrected chi connectivity index (χ2v) is 7.25. The van der Waals surface area contributed by atoms with Crippen LogP contribution >= 0.6 is 0 Å². The summed E-state index contributed by atoms with van der Waals surface area (Å²) in [5.41, 5.74) is 1.84. The van der Waals surface area contributed by atoms with E-state index in [1.165, 1.54) is 0 Å². The summed E-state index contributed by atoms with van der Waals surface area (Å²) in [5.74, 6) is 1.58. The average molecular weight is 449 g/mol. The van der Waals surface area contributed by atoms with Crippen molar-refractivity contribution < 1.29 is 23.7 Å². The molecule has 0 amide bonds. The van der Waals surface area contributed by atoms with Crippen LogP contribution in [0.1, 0.15) is 0 Å². The molecule has 0 saturated heterocycles. The molecule has 0 spiro atoms. The van der Waals surface area contributed by atoms with Gasteiger partial charge in [-0.3, -0.25) is 9.97 Å². The second-order valence-electron chi connectivity index (χ2n) is 7.25. The van der Waals surface area contributed by atoms with Gasteiger partial charge in [0.15, 0.2) is 0 Å². The van der Waals surface area contributed by atoms with E-state index in [0.29, 0.717) is 52.9 Å². The van der Waals surface area contributed by atoms with Crippen LogP contribution in [0.15, 0.2) is 73.1 Å². The van der Waals surface area contributed by atoms with Crippen LogP contribution in [0.4, 0.5) is 0 Å². The molecule has 0 fully saturated rings. The van der Waals surface area contributed by atoms with Crippen LogP contribution in [0.5, 0.6) is 11.5 Å². The lowest BCUT2D eigenvalue weighted by molar-refractivity contribution is 0.00500. The highest BCUT2D eigenvalue weighted by atomic mass is 16.6. The molecule has 7 nitrogen and oxygen atoms in total. The Morgan fingerprint density at radius 1 is 0.485 bits per heavy atom. The zero-order chi connectivity index (χ0) is 22.6. The lowest BCUT2D eigenvalue weighted by atomic mass is 10.2. The number of benzene rings is 2. The number of hydrogen-bond acceptors (Lipinski definition) is 7. The van der Waals surface area contributed by atoms with Crippen molar-refractivity contribution in [2.45, 2.75) is 0 Å². The van der Waals surface area contributed by atoms with Gasteiger partial charge in [0, 0.05) is 35.3 Å². The van der Waals surface area contributed by atoms with Gasteiger partial charge < -0.3 is 23.7 Å². The van der Waals surface area contributed by atoms with E-state index in [2.05, 4.69) is 9.97 Å². The molecule has 7 heteroatoms. The molecule has 2 aromatic carbocycles. The van der Waals surface area contributed by atoms with Gasteiger partial charge >= 0.3 is 0 Å². The summed E-state index contributed by atoms with van der Waals surface area (Å²) >= 11 is 0. The predicted molar refractivity (Wildman–Crippen MR) is 127 cm³/mol. The van der Waals surface area contributed by atoms with E-state index >= 15 is 0 Å². The fourth-order valence-corrected chi connectivity index (χ4v) is 3.25. The third-order valence-electron chi connectivity index (χ3n) is 4.89. The van der Waals surface area contributed by atoms with E-state index in [0.717, 1.165) is 33.3 Å². The quantitative estimate of drug-likeness (QED) is 0.267. The maximum atomic E-state index is 5.71. The highest BCUT2D eigenvalue weighted by molar-refractivity contribution is 5.80. The Kier molecular flexibility index (Phi) is 8.82. The molecular weight excluding hydrogens is 420 g/mol. The third kappa shape index (κ3) is 7.39. The summed E-state index contributed by atoms with van der Waals surface area (Å²) in [7, 11) is 0. The molecule has 0 N–H and O–H groups in total. The van der Waals surface area contributed by atoms with Gasteiger partial charge in [-0.1, -0.05) is 12.1 Å². The number of rotatable bonds is 14. The Morgan fingerprint density at radius 2 is 0.909 bits per heavy atom. The van der Waals surface area contributed by atoms with E-state index < -0.39 is 0 Å². The van der Waals surface area contributed by atoms with Crippen LogP contribution in [0.3, 0.4) is 0 Å². The van der Waals surface area contributed by atoms with Crippen LogP contribution in [-0.2, 0) is 14.2 Å². The highest BCUT2D eigenvalue weighted by Crippen LogP contribution is 2.19. The molecule has 2 aromatic heterocycles. The Hall–Kier alpha value is -3.26. The first-order valence-electron chi connectivity index (χ1n) is 11.1. The lowest BCUT2D eigenvalue weighted by Crippen LogP contribution is -2.14. The molecule has 0 atom stereocenters. The molecule has 33 heavy (non-hydrogen) atoms. The lowest BCUT2D eigenvalue weighted by Gasteiger charge is -2.09. The minimum absolute atomic E-state index is 0.481. The van der Waals surface area contributed by atoms with Crippen molar-refractivity contribution in [3.05, 3.63) is 73.1 Å². The van der Waals surface area contributed by atoms with Gasteiger partial charge in [-0.15, -0.1) is 0 Å². The van der Waals surface area contributed by atoms with Crippen molar-refractivity contribution in [2.75, 3.05) is 52.9 Å². The average Bonchev–Trinajstić information content (AvgIpc) is 2.86. The van der Waals surface area contributed by atoms with Gasteiger partial charge in [-0.25, -0.2) is 0 Å². The van der Waals surface area contributed by atoms with E-state index in [1.807, 2.05) is 60.7 Å². The van der Waals surface area contributed by atoms with Gasteiger partial charge in [0.2, 0.25) is 0 Å². The Bertz CT molecular complexity index is 1050. The molecule has 0 aliphatic heterocycles. The van der Waals surface area contributed by atoms with Crippen LogP contribution in [0, 0.1) is 0 Å². The normalized spacial score (nSPS) is 11.2.